The van der Waals surface area contributed by atoms with E-state index >= 15 is 0 Å². The fraction of sp³-hybridized carbons (Fsp3) is 0.958. The van der Waals surface area contributed by atoms with Crippen LogP contribution in [0.2, 0.25) is 0 Å². The van der Waals surface area contributed by atoms with E-state index in [2.05, 4.69) is 20.8 Å². The molecular weight excluding hydrogens is 368 g/mol. The first-order chi connectivity index (χ1) is 13.6. The van der Waals surface area contributed by atoms with Gasteiger partial charge in [-0.1, -0.05) is 20.8 Å². The highest BCUT2D eigenvalue weighted by Gasteiger charge is 2.65. The largest absolute Gasteiger partial charge is 0.481 e. The van der Waals surface area contributed by atoms with Crippen LogP contribution >= 0.6 is 0 Å². The summed E-state index contributed by atoms with van der Waals surface area (Å²) in [5.41, 5.74) is -0.143. The van der Waals surface area contributed by atoms with Crippen molar-refractivity contribution in [3.05, 3.63) is 0 Å². The molecule has 4 N–H and O–H groups in total. The maximum atomic E-state index is 11.5. The van der Waals surface area contributed by atoms with Gasteiger partial charge in [0.1, 0.15) is 0 Å². The number of carbonyl (C=O) groups is 1. The number of carboxylic acids is 1. The van der Waals surface area contributed by atoms with Crippen molar-refractivity contribution < 1.29 is 25.2 Å². The Morgan fingerprint density at radius 2 is 1.76 bits per heavy atom. The number of rotatable bonds is 4. The Bertz CT molecular complexity index is 637. The molecule has 7 unspecified atom stereocenters. The molecule has 4 rings (SSSR count). The summed E-state index contributed by atoms with van der Waals surface area (Å²) in [6, 6.07) is 0. The van der Waals surface area contributed by atoms with Gasteiger partial charge in [-0.05, 0) is 97.7 Å². The Kier molecular flexibility index (Phi) is 5.57. The third-order valence-electron chi connectivity index (χ3n) is 10.3. The molecule has 0 saturated heterocycles. The Labute approximate surface area is 174 Å². The van der Waals surface area contributed by atoms with Crippen molar-refractivity contribution in [2.75, 3.05) is 0 Å². The standard InChI is InChI=1S/C24H40O5/c1-13(4-7-21(28)29)16-5-6-17-22-18(12-20(27)24(16,17)3)23(2)9-8-15(25)10-14(23)11-19(22)26/h13-20,22,25-27H,4-12H2,1-3H3,(H,28,29)/t13-,14?,15?,16-,17?,18?,19?,20?,22?,23+,24-/m1/s1. The molecule has 0 aromatic carbocycles. The third kappa shape index (κ3) is 3.27. The Hall–Kier alpha value is -0.650. The molecule has 0 aliphatic heterocycles. The minimum absolute atomic E-state index is 0.0957. The van der Waals surface area contributed by atoms with Crippen molar-refractivity contribution in [2.24, 2.45) is 46.3 Å². The van der Waals surface area contributed by atoms with E-state index in [9.17, 15) is 20.1 Å². The van der Waals surface area contributed by atoms with Crippen LogP contribution in [0.5, 0.6) is 0 Å². The van der Waals surface area contributed by atoms with E-state index in [1.54, 1.807) is 0 Å². The van der Waals surface area contributed by atoms with Crippen molar-refractivity contribution in [1.29, 1.82) is 0 Å². The van der Waals surface area contributed by atoms with Crippen LogP contribution < -0.4 is 0 Å². The normalized spacial score (nSPS) is 52.9. The fourth-order valence-electron chi connectivity index (χ4n) is 8.68. The van der Waals surface area contributed by atoms with E-state index in [0.29, 0.717) is 30.1 Å². The minimum atomic E-state index is -0.748. The SMILES string of the molecule is C[C@H](CCC(=O)O)[C@H]1CCC2C3C(O)CC4CC(O)CC[C@]4(C)C3CC(O)[C@@]21C. The maximum absolute atomic E-state index is 11.5. The van der Waals surface area contributed by atoms with Gasteiger partial charge in [0.25, 0.3) is 0 Å². The predicted octanol–water partition coefficient (Wildman–Crippen LogP) is 3.45. The number of hydrogen-bond donors (Lipinski definition) is 4. The summed E-state index contributed by atoms with van der Waals surface area (Å²) in [6.07, 6.45) is 6.00. The van der Waals surface area contributed by atoms with E-state index in [1.165, 1.54) is 0 Å². The van der Waals surface area contributed by atoms with Crippen molar-refractivity contribution in [2.45, 2.75) is 96.9 Å². The number of aliphatic hydroxyl groups excluding tert-OH is 3. The van der Waals surface area contributed by atoms with Gasteiger partial charge in [0.2, 0.25) is 0 Å². The van der Waals surface area contributed by atoms with Gasteiger partial charge in [0, 0.05) is 6.42 Å². The molecule has 0 bridgehead atoms. The van der Waals surface area contributed by atoms with E-state index in [-0.39, 0.29) is 41.3 Å². The van der Waals surface area contributed by atoms with Gasteiger partial charge in [0.05, 0.1) is 18.3 Å². The van der Waals surface area contributed by atoms with Crippen LogP contribution in [0.15, 0.2) is 0 Å². The molecule has 4 saturated carbocycles. The number of aliphatic carboxylic acids is 1. The summed E-state index contributed by atoms with van der Waals surface area (Å²) in [5.74, 6) is 0.997. The van der Waals surface area contributed by atoms with E-state index < -0.39 is 12.1 Å². The number of carboxylic acid groups (broad SMARTS) is 1. The van der Waals surface area contributed by atoms with Crippen molar-refractivity contribution in [3.63, 3.8) is 0 Å². The highest BCUT2D eigenvalue weighted by molar-refractivity contribution is 5.66. The summed E-state index contributed by atoms with van der Waals surface area (Å²) in [6.45, 7) is 6.72. The van der Waals surface area contributed by atoms with Gasteiger partial charge in [0.15, 0.2) is 0 Å². The Morgan fingerprint density at radius 3 is 2.45 bits per heavy atom. The average molecular weight is 409 g/mol. The molecule has 0 radical (unpaired) electrons. The fourth-order valence-corrected chi connectivity index (χ4v) is 8.68. The predicted molar refractivity (Wildman–Crippen MR) is 110 cm³/mol. The minimum Gasteiger partial charge on any atom is -0.481 e. The van der Waals surface area contributed by atoms with Gasteiger partial charge in [-0.2, -0.15) is 0 Å². The van der Waals surface area contributed by atoms with Crippen LogP contribution in [0.25, 0.3) is 0 Å². The molecule has 0 aromatic rings. The van der Waals surface area contributed by atoms with Gasteiger partial charge < -0.3 is 20.4 Å². The van der Waals surface area contributed by atoms with Crippen molar-refractivity contribution in [1.82, 2.24) is 0 Å². The Balaban J connectivity index is 1.61. The molecule has 0 amide bonds. The summed E-state index contributed by atoms with van der Waals surface area (Å²) >= 11 is 0. The van der Waals surface area contributed by atoms with Gasteiger partial charge in [-0.15, -0.1) is 0 Å². The molecule has 5 nitrogen and oxygen atoms in total. The van der Waals surface area contributed by atoms with Crippen molar-refractivity contribution in [3.8, 4) is 0 Å². The van der Waals surface area contributed by atoms with Gasteiger partial charge >= 0.3 is 5.97 Å². The molecule has 4 aliphatic carbocycles. The first-order valence-corrected chi connectivity index (χ1v) is 11.8. The molecule has 0 heterocycles. The number of fused-ring (bicyclic) bond motifs is 5. The highest BCUT2D eigenvalue weighted by atomic mass is 16.4. The lowest BCUT2D eigenvalue weighted by Crippen LogP contribution is -2.62. The molecule has 29 heavy (non-hydrogen) atoms. The zero-order valence-corrected chi connectivity index (χ0v) is 18.3. The van der Waals surface area contributed by atoms with Crippen LogP contribution in [0.1, 0.15) is 78.6 Å². The summed E-state index contributed by atoms with van der Waals surface area (Å²) in [7, 11) is 0. The number of aliphatic hydroxyl groups is 3. The second-order valence-electron chi connectivity index (χ2n) is 11.4. The van der Waals surface area contributed by atoms with E-state index in [0.717, 1.165) is 44.9 Å². The molecule has 11 atom stereocenters. The quantitative estimate of drug-likeness (QED) is 0.571. The molecule has 166 valence electrons. The average Bonchev–Trinajstić information content (AvgIpc) is 3.01. The lowest BCUT2D eigenvalue weighted by Gasteiger charge is -2.63. The molecule has 0 spiro atoms. The van der Waals surface area contributed by atoms with Crippen LogP contribution in [-0.2, 0) is 4.79 Å². The summed E-state index contributed by atoms with van der Waals surface area (Å²) < 4.78 is 0. The highest BCUT2D eigenvalue weighted by Crippen LogP contribution is 2.68. The third-order valence-corrected chi connectivity index (χ3v) is 10.3. The molecule has 5 heteroatoms. The van der Waals surface area contributed by atoms with Crippen molar-refractivity contribution >= 4 is 5.97 Å². The Morgan fingerprint density at radius 1 is 1.03 bits per heavy atom. The lowest BCUT2D eigenvalue weighted by atomic mass is 9.43. The van der Waals surface area contributed by atoms with Gasteiger partial charge in [-0.25, -0.2) is 0 Å². The maximum Gasteiger partial charge on any atom is 0.303 e. The first-order valence-electron chi connectivity index (χ1n) is 11.8. The topological polar surface area (TPSA) is 98.0 Å². The number of hydrogen-bond acceptors (Lipinski definition) is 4. The first kappa shape index (κ1) is 21.6. The van der Waals surface area contributed by atoms with E-state index in [1.807, 2.05) is 0 Å². The molecule has 0 aromatic heterocycles. The molecule has 4 fully saturated rings. The molecular formula is C24H40O5. The van der Waals surface area contributed by atoms with Crippen LogP contribution in [0.4, 0.5) is 0 Å². The van der Waals surface area contributed by atoms with Crippen LogP contribution in [-0.4, -0.2) is 44.7 Å². The smallest absolute Gasteiger partial charge is 0.303 e. The second-order valence-corrected chi connectivity index (χ2v) is 11.4. The zero-order valence-electron chi connectivity index (χ0n) is 18.3. The molecule has 4 aliphatic rings. The van der Waals surface area contributed by atoms with Gasteiger partial charge in [-0.3, -0.25) is 4.79 Å². The monoisotopic (exact) mass is 408 g/mol. The van der Waals surface area contributed by atoms with Crippen LogP contribution in [0, 0.1) is 46.3 Å². The lowest BCUT2D eigenvalue weighted by molar-refractivity contribution is -0.207. The second kappa shape index (κ2) is 7.49. The summed E-state index contributed by atoms with van der Waals surface area (Å²) in [5, 5.41) is 42.0. The van der Waals surface area contributed by atoms with E-state index in [4.69, 9.17) is 5.11 Å². The zero-order chi connectivity index (χ0) is 21.1. The van der Waals surface area contributed by atoms with Crippen LogP contribution in [0.3, 0.4) is 0 Å². The summed E-state index contributed by atoms with van der Waals surface area (Å²) in [4.78, 5) is 11.1.